The van der Waals surface area contributed by atoms with Gasteiger partial charge in [-0.2, -0.15) is 0 Å². The number of likely N-dealkylation sites (N-methyl/N-ethyl adjacent to an activating group) is 1. The Balaban J connectivity index is 1.23. The second-order valence-corrected chi connectivity index (χ2v) is 7.92. The molecule has 1 N–H and O–H groups in total. The highest BCUT2D eigenvalue weighted by Crippen LogP contribution is 2.22. The van der Waals surface area contributed by atoms with E-state index < -0.39 is 0 Å². The summed E-state index contributed by atoms with van der Waals surface area (Å²) < 4.78 is 5.62. The molecular formula is C24H26N6O. The van der Waals surface area contributed by atoms with Gasteiger partial charge in [-0.1, -0.05) is 18.2 Å². The van der Waals surface area contributed by atoms with Crippen LogP contribution in [0.15, 0.2) is 65.7 Å². The zero-order chi connectivity index (χ0) is 21.0. The molecule has 0 spiro atoms. The van der Waals surface area contributed by atoms with Crippen LogP contribution in [0.1, 0.15) is 5.56 Å². The number of pyridine rings is 1. The van der Waals surface area contributed by atoms with Gasteiger partial charge in [-0.25, -0.2) is 15.0 Å². The minimum atomic E-state index is 0.761. The lowest BCUT2D eigenvalue weighted by molar-refractivity contribution is 0.312. The van der Waals surface area contributed by atoms with Crippen molar-refractivity contribution in [1.29, 1.82) is 0 Å². The normalized spacial score (nSPS) is 14.8. The maximum Gasteiger partial charge on any atom is 0.137 e. The fourth-order valence-corrected chi connectivity index (χ4v) is 3.95. The van der Waals surface area contributed by atoms with Gasteiger partial charge in [0, 0.05) is 55.9 Å². The molecule has 0 unspecified atom stereocenters. The number of nitrogens with one attached hydrogen (secondary N) is 1. The van der Waals surface area contributed by atoms with E-state index in [1.807, 2.05) is 18.3 Å². The number of benzene rings is 1. The van der Waals surface area contributed by atoms with Gasteiger partial charge in [0.2, 0.25) is 0 Å². The summed E-state index contributed by atoms with van der Waals surface area (Å²) in [6.07, 6.45) is 6.09. The van der Waals surface area contributed by atoms with Gasteiger partial charge in [0.1, 0.15) is 23.5 Å². The lowest BCUT2D eigenvalue weighted by atomic mass is 10.1. The average molecular weight is 415 g/mol. The highest BCUT2D eigenvalue weighted by atomic mass is 16.3. The Labute approximate surface area is 181 Å². The third kappa shape index (κ3) is 4.36. The van der Waals surface area contributed by atoms with E-state index in [9.17, 15) is 0 Å². The summed E-state index contributed by atoms with van der Waals surface area (Å²) in [5, 5.41) is 4.53. The van der Waals surface area contributed by atoms with E-state index in [1.165, 1.54) is 5.56 Å². The SMILES string of the molecule is CN1CCN(c2ccc(-c3cc(NCCc4cccc5ccoc45)ncn3)cn2)CC1. The van der Waals surface area contributed by atoms with Gasteiger partial charge >= 0.3 is 0 Å². The lowest BCUT2D eigenvalue weighted by Gasteiger charge is -2.33. The van der Waals surface area contributed by atoms with Gasteiger partial charge in [0.15, 0.2) is 0 Å². The van der Waals surface area contributed by atoms with Crippen LogP contribution in [0.3, 0.4) is 0 Å². The van der Waals surface area contributed by atoms with E-state index in [-0.39, 0.29) is 0 Å². The molecule has 1 aromatic carbocycles. The minimum absolute atomic E-state index is 0.761. The van der Waals surface area contributed by atoms with E-state index in [4.69, 9.17) is 4.42 Å². The van der Waals surface area contributed by atoms with E-state index in [2.05, 4.69) is 67.4 Å². The Hall–Kier alpha value is -3.45. The predicted octanol–water partition coefficient (Wildman–Crippen LogP) is 3.69. The van der Waals surface area contributed by atoms with E-state index in [0.29, 0.717) is 0 Å². The third-order valence-electron chi connectivity index (χ3n) is 5.80. The van der Waals surface area contributed by atoms with Crippen LogP contribution in [-0.2, 0) is 6.42 Å². The standard InChI is InChI=1S/C24H26N6O/c1-29-10-12-30(13-11-29)23-6-5-20(16-26-23)21-15-22(28-17-27-21)25-9-7-18-3-2-4-19-8-14-31-24(18)19/h2-6,8,14-17H,7,9-13H2,1H3,(H,25,27,28). The number of anilines is 2. The molecule has 1 saturated heterocycles. The van der Waals surface area contributed by atoms with E-state index in [1.54, 1.807) is 12.6 Å². The van der Waals surface area contributed by atoms with Gasteiger partial charge in [0.05, 0.1) is 12.0 Å². The summed E-state index contributed by atoms with van der Waals surface area (Å²) in [6, 6.07) is 14.4. The number of fused-ring (bicyclic) bond motifs is 1. The van der Waals surface area contributed by atoms with Gasteiger partial charge in [-0.15, -0.1) is 0 Å². The first-order valence-electron chi connectivity index (χ1n) is 10.7. The molecule has 7 heteroatoms. The molecule has 0 radical (unpaired) electrons. The van der Waals surface area contributed by atoms with E-state index >= 15 is 0 Å². The zero-order valence-corrected chi connectivity index (χ0v) is 17.7. The molecule has 7 nitrogen and oxygen atoms in total. The molecule has 5 rings (SSSR count). The molecule has 4 aromatic rings. The minimum Gasteiger partial charge on any atom is -0.464 e. The molecule has 4 heterocycles. The maximum absolute atomic E-state index is 5.62. The number of furan rings is 1. The van der Waals surface area contributed by atoms with Gasteiger partial charge in [0.25, 0.3) is 0 Å². The van der Waals surface area contributed by atoms with Crippen LogP contribution in [-0.4, -0.2) is 59.6 Å². The molecule has 0 amide bonds. The number of hydrogen-bond acceptors (Lipinski definition) is 7. The van der Waals surface area contributed by atoms with Crippen molar-refractivity contribution in [2.75, 3.05) is 50.0 Å². The summed E-state index contributed by atoms with van der Waals surface area (Å²) in [7, 11) is 2.16. The number of hydrogen-bond donors (Lipinski definition) is 1. The first-order valence-corrected chi connectivity index (χ1v) is 10.7. The van der Waals surface area contributed by atoms with Crippen molar-refractivity contribution in [3.63, 3.8) is 0 Å². The first kappa shape index (κ1) is 19.5. The Morgan fingerprint density at radius 2 is 1.90 bits per heavy atom. The summed E-state index contributed by atoms with van der Waals surface area (Å²) in [4.78, 5) is 18.2. The highest BCUT2D eigenvalue weighted by Gasteiger charge is 2.15. The molecular weight excluding hydrogens is 388 g/mol. The van der Waals surface area contributed by atoms with Crippen LogP contribution in [0.5, 0.6) is 0 Å². The van der Waals surface area contributed by atoms with Crippen molar-refractivity contribution < 1.29 is 4.42 Å². The Morgan fingerprint density at radius 1 is 1.00 bits per heavy atom. The molecule has 1 fully saturated rings. The molecule has 0 saturated carbocycles. The summed E-state index contributed by atoms with van der Waals surface area (Å²) in [6.45, 7) is 4.92. The maximum atomic E-state index is 5.62. The quantitative estimate of drug-likeness (QED) is 0.516. The number of rotatable bonds is 6. The number of piperazine rings is 1. The van der Waals surface area contributed by atoms with Crippen LogP contribution >= 0.6 is 0 Å². The molecule has 1 aliphatic heterocycles. The zero-order valence-electron chi connectivity index (χ0n) is 17.7. The smallest absolute Gasteiger partial charge is 0.137 e. The predicted molar refractivity (Wildman–Crippen MR) is 123 cm³/mol. The van der Waals surface area contributed by atoms with Crippen molar-refractivity contribution in [2.24, 2.45) is 0 Å². The topological polar surface area (TPSA) is 70.3 Å². The Bertz CT molecular complexity index is 1150. The number of nitrogens with zero attached hydrogens (tertiary/aromatic N) is 5. The number of para-hydroxylation sites is 1. The van der Waals surface area contributed by atoms with Crippen molar-refractivity contribution in [1.82, 2.24) is 19.9 Å². The van der Waals surface area contributed by atoms with Crippen LogP contribution in [0, 0.1) is 0 Å². The van der Waals surface area contributed by atoms with Gasteiger partial charge in [-0.3, -0.25) is 0 Å². The highest BCUT2D eigenvalue weighted by molar-refractivity contribution is 5.80. The fourth-order valence-electron chi connectivity index (χ4n) is 3.95. The summed E-state index contributed by atoms with van der Waals surface area (Å²) >= 11 is 0. The second-order valence-electron chi connectivity index (χ2n) is 7.92. The molecule has 0 bridgehead atoms. The molecule has 31 heavy (non-hydrogen) atoms. The van der Waals surface area contributed by atoms with Gasteiger partial charge < -0.3 is 19.5 Å². The summed E-state index contributed by atoms with van der Waals surface area (Å²) in [5.74, 6) is 1.83. The first-order chi connectivity index (χ1) is 15.3. The van der Waals surface area contributed by atoms with Crippen molar-refractivity contribution >= 4 is 22.6 Å². The Morgan fingerprint density at radius 3 is 2.74 bits per heavy atom. The second kappa shape index (κ2) is 8.73. The molecule has 3 aromatic heterocycles. The van der Waals surface area contributed by atoms with Crippen molar-refractivity contribution in [3.05, 3.63) is 66.8 Å². The average Bonchev–Trinajstić information content (AvgIpc) is 3.30. The van der Waals surface area contributed by atoms with Crippen LogP contribution in [0.25, 0.3) is 22.2 Å². The van der Waals surface area contributed by atoms with Crippen LogP contribution in [0.2, 0.25) is 0 Å². The van der Waals surface area contributed by atoms with E-state index in [0.717, 1.165) is 73.0 Å². The fraction of sp³-hybridized carbons (Fsp3) is 0.292. The van der Waals surface area contributed by atoms with Gasteiger partial charge in [-0.05, 0) is 37.2 Å². The molecule has 0 atom stereocenters. The molecule has 1 aliphatic rings. The molecule has 158 valence electrons. The van der Waals surface area contributed by atoms with Crippen LogP contribution in [0.4, 0.5) is 11.6 Å². The molecule has 0 aliphatic carbocycles. The number of aromatic nitrogens is 3. The lowest BCUT2D eigenvalue weighted by Crippen LogP contribution is -2.44. The third-order valence-corrected chi connectivity index (χ3v) is 5.80. The van der Waals surface area contributed by atoms with Crippen molar-refractivity contribution in [3.8, 4) is 11.3 Å². The summed E-state index contributed by atoms with van der Waals surface area (Å²) in [5.41, 5.74) is 4.00. The van der Waals surface area contributed by atoms with Crippen LogP contribution < -0.4 is 10.2 Å². The monoisotopic (exact) mass is 414 g/mol. The Kier molecular flexibility index (Phi) is 5.50. The van der Waals surface area contributed by atoms with Crippen molar-refractivity contribution in [2.45, 2.75) is 6.42 Å². The largest absolute Gasteiger partial charge is 0.464 e.